The molecule has 0 spiro atoms. The van der Waals surface area contributed by atoms with Crippen molar-refractivity contribution in [2.75, 3.05) is 31.7 Å². The van der Waals surface area contributed by atoms with E-state index in [1.807, 2.05) is 60.7 Å². The van der Waals surface area contributed by atoms with Gasteiger partial charge in [-0.2, -0.15) is 0 Å². The molecule has 0 saturated heterocycles. The zero-order valence-electron chi connectivity index (χ0n) is 18.3. The third-order valence-electron chi connectivity index (χ3n) is 5.13. The summed E-state index contributed by atoms with van der Waals surface area (Å²) in [6.45, 7) is 1.92. The van der Waals surface area contributed by atoms with Gasteiger partial charge in [0.25, 0.3) is 0 Å². The van der Waals surface area contributed by atoms with Gasteiger partial charge >= 0.3 is 0 Å². The number of ether oxygens (including phenoxy) is 1. The highest BCUT2D eigenvalue weighted by atomic mass is 79.9. The molecule has 0 fully saturated rings. The number of para-hydroxylation sites is 1. The van der Waals surface area contributed by atoms with Crippen LogP contribution in [0.2, 0.25) is 0 Å². The van der Waals surface area contributed by atoms with E-state index in [4.69, 9.17) is 19.1 Å². The lowest BCUT2D eigenvalue weighted by Gasteiger charge is -2.24. The Bertz CT molecular complexity index is 1210. The number of nitrogens with zero attached hydrogens (tertiary/aromatic N) is 3. The molecular weight excluding hydrogens is 484 g/mol. The van der Waals surface area contributed by atoms with Gasteiger partial charge < -0.3 is 19.4 Å². The van der Waals surface area contributed by atoms with Crippen LogP contribution >= 0.6 is 15.9 Å². The Hall–Kier alpha value is -3.23. The van der Waals surface area contributed by atoms with Crippen LogP contribution in [0.4, 0.5) is 5.82 Å². The number of hydrogen-bond donors (Lipinski definition) is 1. The number of benzene rings is 2. The van der Waals surface area contributed by atoms with Gasteiger partial charge in [0.2, 0.25) is 5.91 Å². The quantitative estimate of drug-likeness (QED) is 0.309. The SMILES string of the molecule is COCCNC(=O)CCN(Cc1ccco1)c1nc(-c2cccc(Br)c2)nc2ccccc12. The van der Waals surface area contributed by atoms with Crippen LogP contribution in [0.25, 0.3) is 22.3 Å². The number of anilines is 1. The van der Waals surface area contributed by atoms with Gasteiger partial charge in [0, 0.05) is 42.0 Å². The van der Waals surface area contributed by atoms with Gasteiger partial charge in [0.05, 0.1) is 24.9 Å². The molecule has 2 heterocycles. The fourth-order valence-corrected chi connectivity index (χ4v) is 3.92. The van der Waals surface area contributed by atoms with Crippen LogP contribution in [0.15, 0.2) is 75.8 Å². The molecular formula is C25H25BrN4O3. The molecule has 4 aromatic rings. The second kappa shape index (κ2) is 11.1. The van der Waals surface area contributed by atoms with Crippen molar-refractivity contribution >= 4 is 38.6 Å². The third-order valence-corrected chi connectivity index (χ3v) is 5.62. The van der Waals surface area contributed by atoms with Crippen molar-refractivity contribution in [1.82, 2.24) is 15.3 Å². The number of furan rings is 1. The topological polar surface area (TPSA) is 80.5 Å². The summed E-state index contributed by atoms with van der Waals surface area (Å²) in [7, 11) is 1.61. The van der Waals surface area contributed by atoms with Crippen LogP contribution < -0.4 is 10.2 Å². The smallest absolute Gasteiger partial charge is 0.221 e. The van der Waals surface area contributed by atoms with Crippen LogP contribution in [0.3, 0.4) is 0 Å². The van der Waals surface area contributed by atoms with E-state index in [1.165, 1.54) is 0 Å². The number of hydrogen-bond acceptors (Lipinski definition) is 6. The minimum Gasteiger partial charge on any atom is -0.467 e. The Morgan fingerprint density at radius 1 is 1.12 bits per heavy atom. The van der Waals surface area contributed by atoms with Crippen LogP contribution in [0.5, 0.6) is 0 Å². The van der Waals surface area contributed by atoms with Gasteiger partial charge in [-0.05, 0) is 36.4 Å². The number of amides is 1. The summed E-state index contributed by atoms with van der Waals surface area (Å²) in [5.74, 6) is 2.14. The van der Waals surface area contributed by atoms with E-state index < -0.39 is 0 Å². The van der Waals surface area contributed by atoms with E-state index in [-0.39, 0.29) is 5.91 Å². The molecule has 0 saturated carbocycles. The van der Waals surface area contributed by atoms with Crippen molar-refractivity contribution in [2.24, 2.45) is 0 Å². The predicted octanol–water partition coefficient (Wildman–Crippen LogP) is 4.81. The average molecular weight is 509 g/mol. The first-order chi connectivity index (χ1) is 16.1. The summed E-state index contributed by atoms with van der Waals surface area (Å²) in [4.78, 5) is 24.2. The second-order valence-electron chi connectivity index (χ2n) is 7.49. The Morgan fingerprint density at radius 2 is 2.00 bits per heavy atom. The number of aromatic nitrogens is 2. The summed E-state index contributed by atoms with van der Waals surface area (Å²) in [6, 6.07) is 19.6. The van der Waals surface area contributed by atoms with Crippen LogP contribution in [0.1, 0.15) is 12.2 Å². The normalized spacial score (nSPS) is 11.0. The molecule has 0 bridgehead atoms. The van der Waals surface area contributed by atoms with E-state index >= 15 is 0 Å². The Labute approximate surface area is 200 Å². The highest BCUT2D eigenvalue weighted by Crippen LogP contribution is 2.29. The highest BCUT2D eigenvalue weighted by molar-refractivity contribution is 9.10. The number of halogens is 1. The van der Waals surface area contributed by atoms with Crippen molar-refractivity contribution in [1.29, 1.82) is 0 Å². The fourth-order valence-electron chi connectivity index (χ4n) is 3.53. The van der Waals surface area contributed by atoms with E-state index in [0.717, 1.165) is 32.5 Å². The molecule has 7 nitrogen and oxygen atoms in total. The number of carbonyl (C=O) groups excluding carboxylic acids is 1. The number of methoxy groups -OCH3 is 1. The van der Waals surface area contributed by atoms with Crippen molar-refractivity contribution in [3.05, 3.63) is 77.2 Å². The molecule has 4 rings (SSSR count). The Balaban J connectivity index is 1.70. The fraction of sp³-hybridized carbons (Fsp3) is 0.240. The van der Waals surface area contributed by atoms with E-state index in [9.17, 15) is 4.79 Å². The number of carbonyl (C=O) groups is 1. The van der Waals surface area contributed by atoms with Gasteiger partial charge in [0.15, 0.2) is 5.82 Å². The predicted molar refractivity (Wildman–Crippen MR) is 132 cm³/mol. The molecule has 0 atom stereocenters. The summed E-state index contributed by atoms with van der Waals surface area (Å²) < 4.78 is 11.6. The van der Waals surface area contributed by atoms with Gasteiger partial charge in [-0.15, -0.1) is 0 Å². The maximum Gasteiger partial charge on any atom is 0.221 e. The van der Waals surface area contributed by atoms with E-state index in [1.54, 1.807) is 13.4 Å². The number of fused-ring (bicyclic) bond motifs is 1. The standard InChI is InChI=1S/C25H25BrN4O3/c1-32-15-12-27-23(31)11-13-30(17-20-8-5-14-33-20)25-21-9-2-3-10-22(21)28-24(29-25)18-6-4-7-19(26)16-18/h2-10,14,16H,11-13,15,17H2,1H3,(H,27,31). The number of rotatable bonds is 10. The van der Waals surface area contributed by atoms with Crippen LogP contribution in [-0.2, 0) is 16.1 Å². The van der Waals surface area contributed by atoms with Gasteiger partial charge in [-0.1, -0.05) is 40.2 Å². The highest BCUT2D eigenvalue weighted by Gasteiger charge is 2.18. The van der Waals surface area contributed by atoms with Crippen molar-refractivity contribution in [3.8, 4) is 11.4 Å². The van der Waals surface area contributed by atoms with Gasteiger partial charge in [0.1, 0.15) is 11.6 Å². The molecule has 1 amide bonds. The van der Waals surface area contributed by atoms with Crippen molar-refractivity contribution in [2.45, 2.75) is 13.0 Å². The largest absolute Gasteiger partial charge is 0.467 e. The molecule has 0 radical (unpaired) electrons. The van der Waals surface area contributed by atoms with Crippen molar-refractivity contribution < 1.29 is 13.9 Å². The summed E-state index contributed by atoms with van der Waals surface area (Å²) in [6.07, 6.45) is 1.96. The first-order valence-electron chi connectivity index (χ1n) is 10.7. The zero-order chi connectivity index (χ0) is 23.0. The van der Waals surface area contributed by atoms with Crippen molar-refractivity contribution in [3.63, 3.8) is 0 Å². The minimum absolute atomic E-state index is 0.0398. The van der Waals surface area contributed by atoms with E-state index in [0.29, 0.717) is 38.5 Å². The molecule has 33 heavy (non-hydrogen) atoms. The second-order valence-corrected chi connectivity index (χ2v) is 8.41. The lowest BCUT2D eigenvalue weighted by atomic mass is 10.1. The summed E-state index contributed by atoms with van der Waals surface area (Å²) >= 11 is 3.53. The molecule has 2 aromatic carbocycles. The molecule has 0 aliphatic carbocycles. The minimum atomic E-state index is -0.0398. The summed E-state index contributed by atoms with van der Waals surface area (Å²) in [5.41, 5.74) is 1.75. The average Bonchev–Trinajstić information content (AvgIpc) is 3.34. The van der Waals surface area contributed by atoms with Gasteiger partial charge in [-0.25, -0.2) is 9.97 Å². The van der Waals surface area contributed by atoms with Gasteiger partial charge in [-0.3, -0.25) is 4.79 Å². The maximum atomic E-state index is 12.4. The Kier molecular flexibility index (Phi) is 7.70. The Morgan fingerprint density at radius 3 is 2.79 bits per heavy atom. The first kappa shape index (κ1) is 22.9. The number of nitrogens with one attached hydrogen (secondary N) is 1. The molecule has 1 N–H and O–H groups in total. The molecule has 0 aliphatic heterocycles. The van der Waals surface area contributed by atoms with Crippen LogP contribution in [-0.4, -0.2) is 42.7 Å². The zero-order valence-corrected chi connectivity index (χ0v) is 19.9. The van der Waals surface area contributed by atoms with Crippen LogP contribution in [0, 0.1) is 0 Å². The maximum absolute atomic E-state index is 12.4. The summed E-state index contributed by atoms with van der Waals surface area (Å²) in [5, 5.41) is 3.80. The monoisotopic (exact) mass is 508 g/mol. The first-order valence-corrected chi connectivity index (χ1v) is 11.5. The van der Waals surface area contributed by atoms with E-state index in [2.05, 4.69) is 26.1 Å². The third kappa shape index (κ3) is 5.97. The molecule has 0 unspecified atom stereocenters. The molecule has 2 aromatic heterocycles. The molecule has 170 valence electrons. The lowest BCUT2D eigenvalue weighted by molar-refractivity contribution is -0.121. The molecule has 8 heteroatoms. The lowest BCUT2D eigenvalue weighted by Crippen LogP contribution is -2.32. The molecule has 0 aliphatic rings.